The minimum Gasteiger partial charge on any atom is -0.481 e. The summed E-state index contributed by atoms with van der Waals surface area (Å²) in [5.74, 6) is -1.00. The fourth-order valence-electron chi connectivity index (χ4n) is 4.30. The number of aliphatic carboxylic acids is 1. The molecule has 174 valence electrons. The smallest absolute Gasteiger partial charge is 0.407 e. The number of carbonyl (C=O) groups is 3. The molecule has 8 heteroatoms. The summed E-state index contributed by atoms with van der Waals surface area (Å²) in [4.78, 5) is 34.8. The lowest BCUT2D eigenvalue weighted by molar-refractivity contribution is -0.138. The molecule has 0 spiro atoms. The van der Waals surface area contributed by atoms with Crippen molar-refractivity contribution in [3.8, 4) is 11.1 Å². The molecule has 2 atom stereocenters. The Labute approximate surface area is 192 Å². The van der Waals surface area contributed by atoms with Gasteiger partial charge in [-0.3, -0.25) is 9.59 Å². The molecule has 33 heavy (non-hydrogen) atoms. The van der Waals surface area contributed by atoms with E-state index in [2.05, 4.69) is 34.9 Å². The highest BCUT2D eigenvalue weighted by Crippen LogP contribution is 2.44. The molecule has 1 fully saturated rings. The Morgan fingerprint density at radius 1 is 0.939 bits per heavy atom. The van der Waals surface area contributed by atoms with Crippen molar-refractivity contribution in [2.75, 3.05) is 32.9 Å². The second-order valence-corrected chi connectivity index (χ2v) is 8.36. The van der Waals surface area contributed by atoms with Gasteiger partial charge in [-0.25, -0.2) is 4.79 Å². The Bertz CT molecular complexity index is 978. The molecule has 3 N–H and O–H groups in total. The average molecular weight is 453 g/mol. The van der Waals surface area contributed by atoms with E-state index in [-0.39, 0.29) is 49.9 Å². The molecule has 4 rings (SSSR count). The van der Waals surface area contributed by atoms with Gasteiger partial charge in [-0.2, -0.15) is 0 Å². The molecule has 2 aromatic rings. The van der Waals surface area contributed by atoms with Gasteiger partial charge in [0.2, 0.25) is 5.91 Å². The third-order valence-corrected chi connectivity index (χ3v) is 6.12. The van der Waals surface area contributed by atoms with E-state index >= 15 is 0 Å². The predicted molar refractivity (Wildman–Crippen MR) is 121 cm³/mol. The molecular formula is C25H28N2O6. The summed E-state index contributed by atoms with van der Waals surface area (Å²) < 4.78 is 10.7. The summed E-state index contributed by atoms with van der Waals surface area (Å²) in [5.41, 5.74) is 4.69. The number of benzene rings is 2. The highest BCUT2D eigenvalue weighted by Gasteiger charge is 2.42. The second kappa shape index (κ2) is 10.5. The van der Waals surface area contributed by atoms with Crippen molar-refractivity contribution in [3.63, 3.8) is 0 Å². The quantitative estimate of drug-likeness (QED) is 0.452. The summed E-state index contributed by atoms with van der Waals surface area (Å²) >= 11 is 0. The number of nitrogens with one attached hydrogen (secondary N) is 2. The summed E-state index contributed by atoms with van der Waals surface area (Å²) in [6.07, 6.45) is 0.185. The van der Waals surface area contributed by atoms with Crippen LogP contribution in [-0.2, 0) is 19.1 Å². The largest absolute Gasteiger partial charge is 0.481 e. The van der Waals surface area contributed by atoms with E-state index in [1.165, 1.54) is 11.1 Å². The van der Waals surface area contributed by atoms with Gasteiger partial charge in [0, 0.05) is 24.9 Å². The monoisotopic (exact) mass is 452 g/mol. The van der Waals surface area contributed by atoms with Crippen LogP contribution in [0, 0.1) is 11.8 Å². The van der Waals surface area contributed by atoms with Crippen LogP contribution in [0.4, 0.5) is 4.79 Å². The van der Waals surface area contributed by atoms with E-state index in [0.29, 0.717) is 13.1 Å². The zero-order valence-electron chi connectivity index (χ0n) is 18.3. The Morgan fingerprint density at radius 3 is 2.27 bits per heavy atom. The summed E-state index contributed by atoms with van der Waals surface area (Å²) in [6, 6.07) is 16.4. The van der Waals surface area contributed by atoms with Gasteiger partial charge < -0.3 is 25.2 Å². The van der Waals surface area contributed by atoms with Crippen LogP contribution >= 0.6 is 0 Å². The minimum atomic E-state index is -0.913. The van der Waals surface area contributed by atoms with Crippen LogP contribution < -0.4 is 10.6 Å². The van der Waals surface area contributed by atoms with Gasteiger partial charge in [0.1, 0.15) is 6.61 Å². The van der Waals surface area contributed by atoms with Gasteiger partial charge in [-0.15, -0.1) is 0 Å². The van der Waals surface area contributed by atoms with Gasteiger partial charge in [-0.05, 0) is 34.6 Å². The van der Waals surface area contributed by atoms with E-state index < -0.39 is 12.1 Å². The number of fused-ring (bicyclic) bond motifs is 3. The molecule has 8 nitrogen and oxygen atoms in total. The molecule has 0 heterocycles. The van der Waals surface area contributed by atoms with Crippen molar-refractivity contribution < 1.29 is 29.0 Å². The van der Waals surface area contributed by atoms with Gasteiger partial charge in [-0.1, -0.05) is 48.5 Å². The van der Waals surface area contributed by atoms with E-state index in [9.17, 15) is 14.4 Å². The number of carboxylic acids is 1. The third-order valence-electron chi connectivity index (χ3n) is 6.12. The SMILES string of the molecule is O=C(O)CCOCCNC(=O)C1CC1CNC(=O)OCC1c2ccccc2-c2ccccc21. The van der Waals surface area contributed by atoms with Crippen molar-refractivity contribution in [1.29, 1.82) is 0 Å². The molecule has 0 saturated heterocycles. The molecule has 2 amide bonds. The fraction of sp³-hybridized carbons (Fsp3) is 0.400. The van der Waals surface area contributed by atoms with Crippen molar-refractivity contribution >= 4 is 18.0 Å². The second-order valence-electron chi connectivity index (χ2n) is 8.36. The van der Waals surface area contributed by atoms with Crippen molar-refractivity contribution in [2.24, 2.45) is 11.8 Å². The van der Waals surface area contributed by atoms with Crippen molar-refractivity contribution in [2.45, 2.75) is 18.8 Å². The third kappa shape index (κ3) is 5.70. The topological polar surface area (TPSA) is 114 Å². The fourth-order valence-corrected chi connectivity index (χ4v) is 4.30. The van der Waals surface area contributed by atoms with Crippen LogP contribution in [0.1, 0.15) is 29.9 Å². The first kappa shape index (κ1) is 22.8. The number of rotatable bonds is 11. The summed E-state index contributed by atoms with van der Waals surface area (Å²) in [7, 11) is 0. The van der Waals surface area contributed by atoms with Gasteiger partial charge >= 0.3 is 12.1 Å². The lowest BCUT2D eigenvalue weighted by Gasteiger charge is -2.14. The van der Waals surface area contributed by atoms with Crippen molar-refractivity contribution in [1.82, 2.24) is 10.6 Å². The van der Waals surface area contributed by atoms with Crippen LogP contribution in [0.5, 0.6) is 0 Å². The molecule has 0 aromatic heterocycles. The number of carbonyl (C=O) groups excluding carboxylic acids is 2. The average Bonchev–Trinajstić information content (AvgIpc) is 3.53. The number of hydrogen-bond acceptors (Lipinski definition) is 5. The Hall–Kier alpha value is -3.39. The Kier molecular flexibility index (Phi) is 7.24. The summed E-state index contributed by atoms with van der Waals surface area (Å²) in [5, 5.41) is 14.1. The standard InChI is InChI=1S/C25H28N2O6/c28-23(29)9-11-32-12-10-26-24(30)21-13-16(21)14-27-25(31)33-15-22-19-7-3-1-5-17(19)18-6-2-4-8-20(18)22/h1-8,16,21-22H,9-15H2,(H,26,30)(H,27,31)(H,28,29). The number of amides is 2. The molecule has 0 aliphatic heterocycles. The van der Waals surface area contributed by atoms with E-state index in [4.69, 9.17) is 14.6 Å². The first-order valence-electron chi connectivity index (χ1n) is 11.2. The first-order chi connectivity index (χ1) is 16.0. The van der Waals surface area contributed by atoms with Crippen LogP contribution in [-0.4, -0.2) is 56.0 Å². The van der Waals surface area contributed by atoms with E-state index in [0.717, 1.165) is 17.5 Å². The van der Waals surface area contributed by atoms with Crippen molar-refractivity contribution in [3.05, 3.63) is 59.7 Å². The Balaban J connectivity index is 1.15. The maximum Gasteiger partial charge on any atom is 0.407 e. The number of ether oxygens (including phenoxy) is 2. The maximum atomic E-state index is 12.3. The lowest BCUT2D eigenvalue weighted by Crippen LogP contribution is -2.32. The highest BCUT2D eigenvalue weighted by molar-refractivity contribution is 5.82. The Morgan fingerprint density at radius 2 is 1.61 bits per heavy atom. The molecule has 2 unspecified atom stereocenters. The first-order valence-corrected chi connectivity index (χ1v) is 11.2. The predicted octanol–water partition coefficient (Wildman–Crippen LogP) is 2.77. The zero-order valence-corrected chi connectivity index (χ0v) is 18.3. The van der Waals surface area contributed by atoms with Gasteiger partial charge in [0.05, 0.1) is 19.6 Å². The lowest BCUT2D eigenvalue weighted by atomic mass is 9.98. The number of hydrogen-bond donors (Lipinski definition) is 3. The zero-order chi connectivity index (χ0) is 23.2. The number of alkyl carbamates (subject to hydrolysis) is 1. The van der Waals surface area contributed by atoms with Crippen LogP contribution in [0.25, 0.3) is 11.1 Å². The van der Waals surface area contributed by atoms with Gasteiger partial charge in [0.15, 0.2) is 0 Å². The van der Waals surface area contributed by atoms with E-state index in [1.807, 2.05) is 24.3 Å². The molecule has 0 radical (unpaired) electrons. The molecule has 2 aliphatic carbocycles. The van der Waals surface area contributed by atoms with Crippen LogP contribution in [0.15, 0.2) is 48.5 Å². The molecule has 2 aliphatic rings. The highest BCUT2D eigenvalue weighted by atomic mass is 16.5. The normalized spacial score (nSPS) is 18.2. The molecule has 0 bridgehead atoms. The van der Waals surface area contributed by atoms with Crippen LogP contribution in [0.3, 0.4) is 0 Å². The van der Waals surface area contributed by atoms with E-state index in [1.54, 1.807) is 0 Å². The van der Waals surface area contributed by atoms with Gasteiger partial charge in [0.25, 0.3) is 0 Å². The minimum absolute atomic E-state index is 0.0142. The molecular weight excluding hydrogens is 424 g/mol. The number of carboxylic acid groups (broad SMARTS) is 1. The molecule has 2 aromatic carbocycles. The summed E-state index contributed by atoms with van der Waals surface area (Å²) in [6.45, 7) is 1.39. The maximum absolute atomic E-state index is 12.3. The van der Waals surface area contributed by atoms with Crippen LogP contribution in [0.2, 0.25) is 0 Å². The molecule has 1 saturated carbocycles.